The number of nitrogens with zero attached hydrogens (tertiary/aromatic N) is 5. The van der Waals surface area contributed by atoms with Crippen LogP contribution >= 0.6 is 11.6 Å². The third-order valence-electron chi connectivity index (χ3n) is 11.1. The van der Waals surface area contributed by atoms with E-state index in [2.05, 4.69) is 82.7 Å². The van der Waals surface area contributed by atoms with E-state index in [0.717, 1.165) is 53.3 Å². The molecule has 2 bridgehead atoms. The predicted octanol–water partition coefficient (Wildman–Crippen LogP) is 8.84. The van der Waals surface area contributed by atoms with Crippen molar-refractivity contribution in [1.82, 2.24) is 24.5 Å². The molecule has 9 heteroatoms. The van der Waals surface area contributed by atoms with Gasteiger partial charge in [0.1, 0.15) is 22.0 Å². The molecule has 3 saturated carbocycles. The Morgan fingerprint density at radius 3 is 1.92 bits per heavy atom. The summed E-state index contributed by atoms with van der Waals surface area (Å²) in [7, 11) is 0. The van der Waals surface area contributed by atoms with Gasteiger partial charge < -0.3 is 15.0 Å². The molecule has 3 fully saturated rings. The lowest BCUT2D eigenvalue weighted by Crippen LogP contribution is -2.51. The Hall–Kier alpha value is -5.60. The normalized spacial score (nSPS) is 20.1. The second-order valence-electron chi connectivity index (χ2n) is 13.7. The Bertz CT molecular complexity index is 2280. The molecule has 0 radical (unpaired) electrons. The van der Waals surface area contributed by atoms with E-state index in [1.165, 1.54) is 0 Å². The highest BCUT2D eigenvalue weighted by Crippen LogP contribution is 2.48. The molecule has 8 nitrogen and oxygen atoms in total. The van der Waals surface area contributed by atoms with Crippen molar-refractivity contribution in [3.8, 4) is 11.4 Å². The molecule has 10 rings (SSSR count). The lowest BCUT2D eigenvalue weighted by Gasteiger charge is -2.47. The standard InChI is InChI=1S/C42H35ClN6O2/c43-34-24-44-40-37(46-34)32(25-49(40)42(28-12-4-1-5-13-28,29-14-6-2-7-15-29)30-16-8-3-9-17-30)39-45-33-19-11-10-18-31(33)38(48-39)47-36-27-22-20-26(21-23-27)35(36)41(50)51/h1-19,24-27,35-36H,20-23H2,(H,50,51)(H,45,47,48). The van der Waals surface area contributed by atoms with Gasteiger partial charge in [-0.25, -0.2) is 19.9 Å². The Labute approximate surface area is 300 Å². The largest absolute Gasteiger partial charge is 0.481 e. The minimum Gasteiger partial charge on any atom is -0.481 e. The molecule has 252 valence electrons. The molecule has 0 aliphatic heterocycles. The van der Waals surface area contributed by atoms with E-state index in [0.29, 0.717) is 28.4 Å². The minimum absolute atomic E-state index is 0.162. The van der Waals surface area contributed by atoms with Gasteiger partial charge in [-0.1, -0.05) is 115 Å². The number of carboxylic acid groups (broad SMARTS) is 1. The van der Waals surface area contributed by atoms with Crippen molar-refractivity contribution in [2.45, 2.75) is 37.3 Å². The Kier molecular flexibility index (Phi) is 7.77. The van der Waals surface area contributed by atoms with Crippen LogP contribution < -0.4 is 5.32 Å². The molecule has 3 aromatic heterocycles. The van der Waals surface area contributed by atoms with Gasteiger partial charge in [-0.05, 0) is 66.3 Å². The molecule has 2 atom stereocenters. The van der Waals surface area contributed by atoms with Gasteiger partial charge in [0, 0.05) is 17.6 Å². The summed E-state index contributed by atoms with van der Waals surface area (Å²) in [6, 6.07) is 38.9. The summed E-state index contributed by atoms with van der Waals surface area (Å²) in [5.74, 6) is 0.290. The highest BCUT2D eigenvalue weighted by atomic mass is 35.5. The first-order chi connectivity index (χ1) is 25.0. The first kappa shape index (κ1) is 31.4. The molecular formula is C42H35ClN6O2. The molecule has 2 unspecified atom stereocenters. The van der Waals surface area contributed by atoms with Crippen LogP contribution in [0.3, 0.4) is 0 Å². The monoisotopic (exact) mass is 690 g/mol. The summed E-state index contributed by atoms with van der Waals surface area (Å²) in [6.45, 7) is 0. The number of aromatic nitrogens is 5. The number of carboxylic acids is 1. The number of fused-ring (bicyclic) bond motifs is 5. The topological polar surface area (TPSA) is 106 Å². The molecule has 7 aromatic rings. The number of benzene rings is 4. The van der Waals surface area contributed by atoms with Gasteiger partial charge >= 0.3 is 5.97 Å². The molecule has 2 N–H and O–H groups in total. The molecule has 3 aliphatic carbocycles. The molecule has 0 amide bonds. The number of halogens is 1. The van der Waals surface area contributed by atoms with Crippen molar-refractivity contribution < 1.29 is 9.90 Å². The predicted molar refractivity (Wildman–Crippen MR) is 200 cm³/mol. The van der Waals surface area contributed by atoms with Crippen LogP contribution in [0.5, 0.6) is 0 Å². The Balaban J connectivity index is 1.30. The number of rotatable bonds is 8. The zero-order valence-electron chi connectivity index (χ0n) is 27.7. The fourth-order valence-corrected chi connectivity index (χ4v) is 8.95. The van der Waals surface area contributed by atoms with Crippen LogP contribution in [0.1, 0.15) is 42.4 Å². The molecule has 3 aliphatic rings. The van der Waals surface area contributed by atoms with Crippen LogP contribution in [0.4, 0.5) is 5.82 Å². The zero-order chi connectivity index (χ0) is 34.5. The van der Waals surface area contributed by atoms with Crippen LogP contribution in [-0.2, 0) is 10.3 Å². The Morgan fingerprint density at radius 1 is 0.745 bits per heavy atom. The third-order valence-corrected chi connectivity index (χ3v) is 11.2. The van der Waals surface area contributed by atoms with E-state index in [4.69, 9.17) is 31.5 Å². The molecule has 4 aromatic carbocycles. The lowest BCUT2D eigenvalue weighted by molar-refractivity contribution is -0.148. The zero-order valence-corrected chi connectivity index (χ0v) is 28.5. The SMILES string of the molecule is O=C(O)C1C2CCC(CC2)C1Nc1nc(-c2cn(C(c3ccccc3)(c3ccccc3)c3ccccc3)c3ncc(Cl)nc23)nc2ccccc12. The summed E-state index contributed by atoms with van der Waals surface area (Å²) in [6.07, 6.45) is 7.58. The van der Waals surface area contributed by atoms with Gasteiger partial charge in [-0.3, -0.25) is 4.79 Å². The van der Waals surface area contributed by atoms with Crippen molar-refractivity contribution in [3.05, 3.63) is 149 Å². The molecule has 0 spiro atoms. The van der Waals surface area contributed by atoms with Crippen molar-refractivity contribution in [2.75, 3.05) is 5.32 Å². The highest BCUT2D eigenvalue weighted by Gasteiger charge is 2.47. The number of hydrogen-bond acceptors (Lipinski definition) is 6. The molecule has 3 heterocycles. The van der Waals surface area contributed by atoms with Crippen LogP contribution in [0.25, 0.3) is 33.5 Å². The van der Waals surface area contributed by atoms with E-state index < -0.39 is 17.4 Å². The second-order valence-corrected chi connectivity index (χ2v) is 14.1. The van der Waals surface area contributed by atoms with Gasteiger partial charge in [0.25, 0.3) is 0 Å². The van der Waals surface area contributed by atoms with Crippen LogP contribution in [0.2, 0.25) is 5.15 Å². The van der Waals surface area contributed by atoms with Gasteiger partial charge in [-0.2, -0.15) is 0 Å². The van der Waals surface area contributed by atoms with E-state index in [9.17, 15) is 9.90 Å². The van der Waals surface area contributed by atoms with Crippen LogP contribution in [0, 0.1) is 17.8 Å². The summed E-state index contributed by atoms with van der Waals surface area (Å²) in [5, 5.41) is 15.1. The lowest BCUT2D eigenvalue weighted by atomic mass is 9.61. The summed E-state index contributed by atoms with van der Waals surface area (Å²) in [5.41, 5.74) is 4.85. The van der Waals surface area contributed by atoms with Crippen molar-refractivity contribution in [1.29, 1.82) is 0 Å². The number of para-hydroxylation sites is 1. The van der Waals surface area contributed by atoms with Crippen molar-refractivity contribution >= 4 is 45.5 Å². The average Bonchev–Trinajstić information content (AvgIpc) is 3.55. The van der Waals surface area contributed by atoms with E-state index in [1.807, 2.05) is 48.7 Å². The number of anilines is 1. The summed E-state index contributed by atoms with van der Waals surface area (Å²) < 4.78 is 2.17. The minimum atomic E-state index is -0.864. The Morgan fingerprint density at radius 2 is 1.31 bits per heavy atom. The van der Waals surface area contributed by atoms with E-state index in [1.54, 1.807) is 6.20 Å². The van der Waals surface area contributed by atoms with Crippen LogP contribution in [0.15, 0.2) is 128 Å². The maximum atomic E-state index is 12.6. The second kappa shape index (κ2) is 12.6. The molecular weight excluding hydrogens is 656 g/mol. The third kappa shape index (κ3) is 5.16. The molecule has 51 heavy (non-hydrogen) atoms. The van der Waals surface area contributed by atoms with E-state index in [-0.39, 0.29) is 23.0 Å². The quantitative estimate of drug-likeness (QED) is 0.154. The first-order valence-electron chi connectivity index (χ1n) is 17.5. The summed E-state index contributed by atoms with van der Waals surface area (Å²) in [4.78, 5) is 32.7. The number of nitrogens with one attached hydrogen (secondary N) is 1. The van der Waals surface area contributed by atoms with Crippen LogP contribution in [-0.4, -0.2) is 41.6 Å². The first-order valence-corrected chi connectivity index (χ1v) is 17.9. The molecule has 0 saturated heterocycles. The maximum absolute atomic E-state index is 12.6. The highest BCUT2D eigenvalue weighted by molar-refractivity contribution is 6.29. The number of hydrogen-bond donors (Lipinski definition) is 2. The number of carbonyl (C=O) groups is 1. The fourth-order valence-electron chi connectivity index (χ4n) is 8.82. The fraction of sp³-hybridized carbons (Fsp3) is 0.214. The number of aliphatic carboxylic acids is 1. The summed E-state index contributed by atoms with van der Waals surface area (Å²) >= 11 is 6.60. The van der Waals surface area contributed by atoms with Crippen molar-refractivity contribution in [3.63, 3.8) is 0 Å². The smallest absolute Gasteiger partial charge is 0.308 e. The van der Waals surface area contributed by atoms with Gasteiger partial charge in [0.2, 0.25) is 0 Å². The average molecular weight is 691 g/mol. The van der Waals surface area contributed by atoms with Gasteiger partial charge in [0.15, 0.2) is 11.5 Å². The maximum Gasteiger partial charge on any atom is 0.308 e. The van der Waals surface area contributed by atoms with Crippen molar-refractivity contribution in [2.24, 2.45) is 17.8 Å². The van der Waals surface area contributed by atoms with E-state index >= 15 is 0 Å². The van der Waals surface area contributed by atoms with Gasteiger partial charge in [-0.15, -0.1) is 0 Å². The van der Waals surface area contributed by atoms with Gasteiger partial charge in [0.05, 0.1) is 23.2 Å².